The maximum atomic E-state index is 9.39. The monoisotopic (exact) mass is 244 g/mol. The molecule has 2 aromatic carbocycles. The Morgan fingerprint density at radius 1 is 1.06 bits per heavy atom. The molecular weight excluding hydrogens is 236 g/mol. The fourth-order valence-electron chi connectivity index (χ4n) is 1.81. The van der Waals surface area contributed by atoms with E-state index in [0.29, 0.717) is 5.02 Å². The molecule has 3 nitrogen and oxygen atoms in total. The summed E-state index contributed by atoms with van der Waals surface area (Å²) in [5, 5.41) is 15.3. The minimum absolute atomic E-state index is 0.244. The molecule has 0 amide bonds. The SMILES string of the molecule is Oc1ccc2c(cnn2-c2ccc(Cl)cc2)c1. The fourth-order valence-corrected chi connectivity index (χ4v) is 1.93. The molecule has 4 heteroatoms. The van der Waals surface area contributed by atoms with Crippen LogP contribution in [0.2, 0.25) is 5.02 Å². The molecular formula is C13H9ClN2O. The molecule has 0 aliphatic heterocycles. The van der Waals surface area contributed by atoms with Crippen LogP contribution in [0.3, 0.4) is 0 Å². The summed E-state index contributed by atoms with van der Waals surface area (Å²) < 4.78 is 1.81. The van der Waals surface area contributed by atoms with E-state index in [2.05, 4.69) is 5.10 Å². The van der Waals surface area contributed by atoms with Crippen molar-refractivity contribution in [2.45, 2.75) is 0 Å². The fraction of sp³-hybridized carbons (Fsp3) is 0. The summed E-state index contributed by atoms with van der Waals surface area (Å²) in [6.07, 6.45) is 1.73. The van der Waals surface area contributed by atoms with Crippen molar-refractivity contribution in [1.29, 1.82) is 0 Å². The van der Waals surface area contributed by atoms with Gasteiger partial charge in [-0.15, -0.1) is 0 Å². The van der Waals surface area contributed by atoms with Crippen molar-refractivity contribution in [2.24, 2.45) is 0 Å². The summed E-state index contributed by atoms with van der Waals surface area (Å²) in [6.45, 7) is 0. The first-order valence-electron chi connectivity index (χ1n) is 5.17. The second kappa shape index (κ2) is 3.79. The van der Waals surface area contributed by atoms with Crippen LogP contribution in [0.1, 0.15) is 0 Å². The molecule has 0 bridgehead atoms. The average molecular weight is 245 g/mol. The number of halogens is 1. The Labute approximate surface area is 103 Å². The molecule has 0 aliphatic rings. The van der Waals surface area contributed by atoms with Gasteiger partial charge in [-0.2, -0.15) is 5.10 Å². The van der Waals surface area contributed by atoms with E-state index in [-0.39, 0.29) is 5.75 Å². The van der Waals surface area contributed by atoms with Crippen LogP contribution in [0.15, 0.2) is 48.7 Å². The quantitative estimate of drug-likeness (QED) is 0.713. The molecule has 0 aliphatic carbocycles. The predicted molar refractivity (Wildman–Crippen MR) is 67.7 cm³/mol. The van der Waals surface area contributed by atoms with E-state index in [4.69, 9.17) is 11.6 Å². The highest BCUT2D eigenvalue weighted by atomic mass is 35.5. The van der Waals surface area contributed by atoms with Gasteiger partial charge in [-0.3, -0.25) is 0 Å². The number of phenols is 1. The number of aromatic hydroxyl groups is 1. The smallest absolute Gasteiger partial charge is 0.116 e. The third-order valence-corrected chi connectivity index (χ3v) is 2.87. The Kier molecular flexibility index (Phi) is 2.27. The molecule has 0 unspecified atom stereocenters. The van der Waals surface area contributed by atoms with Crippen LogP contribution >= 0.6 is 11.6 Å². The molecule has 0 spiro atoms. The Bertz CT molecular complexity index is 673. The normalized spacial score (nSPS) is 10.9. The summed E-state index contributed by atoms with van der Waals surface area (Å²) in [5.41, 5.74) is 1.89. The highest BCUT2D eigenvalue weighted by Crippen LogP contribution is 2.22. The van der Waals surface area contributed by atoms with Gasteiger partial charge in [0.15, 0.2) is 0 Å². The average Bonchev–Trinajstić information content (AvgIpc) is 2.73. The highest BCUT2D eigenvalue weighted by molar-refractivity contribution is 6.30. The number of benzene rings is 2. The Balaban J connectivity index is 2.21. The maximum absolute atomic E-state index is 9.39. The minimum Gasteiger partial charge on any atom is -0.508 e. The topological polar surface area (TPSA) is 38.1 Å². The van der Waals surface area contributed by atoms with Gasteiger partial charge in [-0.25, -0.2) is 4.68 Å². The van der Waals surface area contributed by atoms with E-state index in [1.54, 1.807) is 18.3 Å². The lowest BCUT2D eigenvalue weighted by atomic mass is 10.2. The molecule has 3 aromatic rings. The zero-order valence-corrected chi connectivity index (χ0v) is 9.59. The summed E-state index contributed by atoms with van der Waals surface area (Å²) in [4.78, 5) is 0. The molecule has 0 fully saturated rings. The summed E-state index contributed by atoms with van der Waals surface area (Å²) >= 11 is 5.85. The first-order chi connectivity index (χ1) is 8.24. The molecule has 0 saturated heterocycles. The predicted octanol–water partition coefficient (Wildman–Crippen LogP) is 3.38. The van der Waals surface area contributed by atoms with Gasteiger partial charge >= 0.3 is 0 Å². The zero-order chi connectivity index (χ0) is 11.8. The lowest BCUT2D eigenvalue weighted by Gasteiger charge is -2.03. The lowest BCUT2D eigenvalue weighted by molar-refractivity contribution is 0.476. The second-order valence-electron chi connectivity index (χ2n) is 3.78. The highest BCUT2D eigenvalue weighted by Gasteiger charge is 2.05. The van der Waals surface area contributed by atoms with Crippen LogP contribution in [-0.2, 0) is 0 Å². The maximum Gasteiger partial charge on any atom is 0.116 e. The van der Waals surface area contributed by atoms with Crippen molar-refractivity contribution in [2.75, 3.05) is 0 Å². The van der Waals surface area contributed by atoms with Crippen molar-refractivity contribution < 1.29 is 5.11 Å². The summed E-state index contributed by atoms with van der Waals surface area (Å²) in [6, 6.07) is 12.6. The molecule has 3 rings (SSSR count). The minimum atomic E-state index is 0.244. The van der Waals surface area contributed by atoms with Gasteiger partial charge in [0.05, 0.1) is 17.4 Å². The van der Waals surface area contributed by atoms with Gasteiger partial charge in [-0.1, -0.05) is 11.6 Å². The molecule has 1 heterocycles. The molecule has 17 heavy (non-hydrogen) atoms. The van der Waals surface area contributed by atoms with Crippen molar-refractivity contribution in [1.82, 2.24) is 9.78 Å². The summed E-state index contributed by atoms with van der Waals surface area (Å²) in [7, 11) is 0. The Hall–Kier alpha value is -2.00. The van der Waals surface area contributed by atoms with E-state index in [0.717, 1.165) is 16.6 Å². The number of hydrogen-bond acceptors (Lipinski definition) is 2. The van der Waals surface area contributed by atoms with E-state index < -0.39 is 0 Å². The standard InChI is InChI=1S/C13H9ClN2O/c14-10-1-3-11(4-2-10)16-13-6-5-12(17)7-9(13)8-15-16/h1-8,17H. The van der Waals surface area contributed by atoms with E-state index in [9.17, 15) is 5.11 Å². The number of fused-ring (bicyclic) bond motifs is 1. The molecule has 84 valence electrons. The molecule has 0 atom stereocenters. The number of rotatable bonds is 1. The van der Waals surface area contributed by atoms with Crippen molar-refractivity contribution in [3.05, 3.63) is 53.7 Å². The van der Waals surface area contributed by atoms with Crippen molar-refractivity contribution >= 4 is 22.5 Å². The van der Waals surface area contributed by atoms with Gasteiger partial charge in [0.2, 0.25) is 0 Å². The zero-order valence-electron chi connectivity index (χ0n) is 8.84. The van der Waals surface area contributed by atoms with Crippen LogP contribution in [0.4, 0.5) is 0 Å². The van der Waals surface area contributed by atoms with E-state index in [1.165, 1.54) is 0 Å². The summed E-state index contributed by atoms with van der Waals surface area (Å²) in [5.74, 6) is 0.244. The van der Waals surface area contributed by atoms with E-state index in [1.807, 2.05) is 35.0 Å². The van der Waals surface area contributed by atoms with Gasteiger partial charge < -0.3 is 5.11 Å². The number of phenolic OH excluding ortho intramolecular Hbond substituents is 1. The van der Waals surface area contributed by atoms with Crippen LogP contribution < -0.4 is 0 Å². The molecule has 1 aromatic heterocycles. The number of nitrogens with zero attached hydrogens (tertiary/aromatic N) is 2. The third kappa shape index (κ3) is 1.74. The van der Waals surface area contributed by atoms with Gasteiger partial charge in [0.1, 0.15) is 5.75 Å². The van der Waals surface area contributed by atoms with Gasteiger partial charge in [0.25, 0.3) is 0 Å². The first kappa shape index (κ1) is 10.2. The molecule has 1 N–H and O–H groups in total. The van der Waals surface area contributed by atoms with Crippen LogP contribution in [0, 0.1) is 0 Å². The van der Waals surface area contributed by atoms with E-state index >= 15 is 0 Å². The lowest BCUT2D eigenvalue weighted by Crippen LogP contribution is -1.94. The van der Waals surface area contributed by atoms with Crippen molar-refractivity contribution in [3.63, 3.8) is 0 Å². The van der Waals surface area contributed by atoms with Gasteiger partial charge in [-0.05, 0) is 42.5 Å². The molecule has 0 saturated carbocycles. The Morgan fingerprint density at radius 3 is 2.59 bits per heavy atom. The van der Waals surface area contributed by atoms with Crippen molar-refractivity contribution in [3.8, 4) is 11.4 Å². The number of aromatic nitrogens is 2. The first-order valence-corrected chi connectivity index (χ1v) is 5.54. The largest absolute Gasteiger partial charge is 0.508 e. The van der Waals surface area contributed by atoms with Crippen LogP contribution in [0.5, 0.6) is 5.75 Å². The second-order valence-corrected chi connectivity index (χ2v) is 4.21. The van der Waals surface area contributed by atoms with Crippen LogP contribution in [0.25, 0.3) is 16.6 Å². The van der Waals surface area contributed by atoms with Crippen LogP contribution in [-0.4, -0.2) is 14.9 Å². The number of hydrogen-bond donors (Lipinski definition) is 1. The Morgan fingerprint density at radius 2 is 1.82 bits per heavy atom. The molecule has 0 radical (unpaired) electrons. The third-order valence-electron chi connectivity index (χ3n) is 2.62. The van der Waals surface area contributed by atoms with Gasteiger partial charge in [0, 0.05) is 10.4 Å².